The van der Waals surface area contributed by atoms with E-state index in [9.17, 15) is 4.79 Å². The Morgan fingerprint density at radius 2 is 1.97 bits per heavy atom. The number of amides is 1. The number of pyridine rings is 1. The van der Waals surface area contributed by atoms with Crippen LogP contribution in [0, 0.1) is 0 Å². The summed E-state index contributed by atoms with van der Waals surface area (Å²) in [6.07, 6.45) is 2.70. The van der Waals surface area contributed by atoms with E-state index >= 15 is 0 Å². The Hall–Kier alpha value is -2.95. The van der Waals surface area contributed by atoms with Crippen LogP contribution in [0.2, 0.25) is 0 Å². The van der Waals surface area contributed by atoms with Gasteiger partial charge in [0.05, 0.1) is 6.20 Å². The summed E-state index contributed by atoms with van der Waals surface area (Å²) >= 11 is 0. The van der Waals surface area contributed by atoms with E-state index in [0.29, 0.717) is 12.1 Å². The number of hydrogen-bond acceptors (Lipinski definition) is 9. The number of benzene rings is 1. The maximum absolute atomic E-state index is 12.3. The van der Waals surface area contributed by atoms with Crippen LogP contribution in [0.5, 0.6) is 0 Å². The maximum atomic E-state index is 12.3. The Bertz CT molecular complexity index is 1150. The van der Waals surface area contributed by atoms with Gasteiger partial charge in [-0.05, 0) is 0 Å². The van der Waals surface area contributed by atoms with Gasteiger partial charge in [0, 0.05) is 7.05 Å². The van der Waals surface area contributed by atoms with Gasteiger partial charge in [-0.1, -0.05) is 0 Å². The Kier molecular flexibility index (Phi) is 4.72. The first-order valence-corrected chi connectivity index (χ1v) is 11.3. The van der Waals surface area contributed by atoms with Gasteiger partial charge in [-0.2, -0.15) is 15.0 Å². The zero-order valence-corrected chi connectivity index (χ0v) is 17.4. The number of carbonyl (C=O) groups excluding carboxylic acids is 1. The quantitative estimate of drug-likeness (QED) is 0.494. The van der Waals surface area contributed by atoms with Crippen molar-refractivity contribution in [3.05, 3.63) is 48.3 Å². The van der Waals surface area contributed by atoms with E-state index in [1.807, 2.05) is 30.3 Å². The molecule has 0 unspecified atom stereocenters. The van der Waals surface area contributed by atoms with E-state index < -0.39 is 20.4 Å². The van der Waals surface area contributed by atoms with Gasteiger partial charge in [-0.15, -0.1) is 0 Å². The number of nitrogens with zero attached hydrogens (tertiary/aromatic N) is 5. The fourth-order valence-electron chi connectivity index (χ4n) is 3.97. The molecule has 2 atom stereocenters. The van der Waals surface area contributed by atoms with Gasteiger partial charge in [0.1, 0.15) is 5.69 Å². The molecule has 0 bridgehead atoms. The summed E-state index contributed by atoms with van der Waals surface area (Å²) in [4.78, 5) is 47.0. The topological polar surface area (TPSA) is 143 Å². The predicted molar refractivity (Wildman–Crippen MR) is 111 cm³/mol. The number of aromatic nitrogens is 4. The van der Waals surface area contributed by atoms with Crippen LogP contribution in [-0.4, -0.2) is 59.5 Å². The number of aryl methyl sites for hydroxylation is 1. The second kappa shape index (κ2) is 7.33. The Morgan fingerprint density at radius 3 is 2.65 bits per heavy atom. The molecule has 5 rings (SSSR count). The Morgan fingerprint density at radius 1 is 1.16 bits per heavy atom. The molecule has 1 fully saturated rings. The third kappa shape index (κ3) is 3.78. The SMILES string of the molecule is Cn1ncc(-c2ccc(-c3ccc4c(c3)C[C@H]3[C@H](CO[PH](O)(O)O)OC(=O)N43)cn2)n1. The minimum atomic E-state index is -4.68. The van der Waals surface area contributed by atoms with Gasteiger partial charge in [0.15, 0.2) is 0 Å². The van der Waals surface area contributed by atoms with Crippen LogP contribution in [0.15, 0.2) is 42.7 Å². The van der Waals surface area contributed by atoms with Crippen LogP contribution in [0.4, 0.5) is 10.5 Å². The molecule has 0 spiro atoms. The maximum Gasteiger partial charge on any atom is -0.152 e. The average Bonchev–Trinajstić information content (AvgIpc) is 3.41. The first-order valence-electron chi connectivity index (χ1n) is 9.55. The van der Waals surface area contributed by atoms with E-state index in [0.717, 1.165) is 28.1 Å². The smallest absolute Gasteiger partial charge is 0.152 e. The van der Waals surface area contributed by atoms with Gasteiger partial charge >= 0.3 is 143 Å². The third-order valence-electron chi connectivity index (χ3n) is 5.38. The minimum absolute atomic E-state index is 0.294. The molecule has 2 aliphatic heterocycles. The van der Waals surface area contributed by atoms with Crippen molar-refractivity contribution in [1.82, 2.24) is 20.0 Å². The average molecular weight is 445 g/mol. The second-order valence-corrected chi connectivity index (χ2v) is 8.88. The molecule has 4 heterocycles. The molecule has 0 saturated carbocycles. The van der Waals surface area contributed by atoms with E-state index in [1.54, 1.807) is 19.4 Å². The van der Waals surface area contributed by atoms with Crippen LogP contribution >= 0.6 is 8.17 Å². The molecule has 12 heteroatoms. The van der Waals surface area contributed by atoms with Crippen molar-refractivity contribution in [3.8, 4) is 22.5 Å². The summed E-state index contributed by atoms with van der Waals surface area (Å²) in [5.41, 5.74) is 4.98. The molecular formula is C19H20N5O6P. The van der Waals surface area contributed by atoms with Crippen molar-refractivity contribution in [2.45, 2.75) is 18.6 Å². The molecule has 3 aromatic rings. The zero-order valence-electron chi connectivity index (χ0n) is 16.4. The zero-order chi connectivity index (χ0) is 21.8. The molecule has 0 aliphatic carbocycles. The number of ether oxygens (including phenoxy) is 1. The van der Waals surface area contributed by atoms with Crippen molar-refractivity contribution < 1.29 is 28.7 Å². The molecule has 3 N–H and O–H groups in total. The predicted octanol–water partition coefficient (Wildman–Crippen LogP) is 1.20. The number of rotatable bonds is 5. The Balaban J connectivity index is 1.37. The van der Waals surface area contributed by atoms with Crippen molar-refractivity contribution >= 4 is 20.0 Å². The van der Waals surface area contributed by atoms with E-state index in [-0.39, 0.29) is 12.6 Å². The molecule has 11 nitrogen and oxygen atoms in total. The van der Waals surface area contributed by atoms with E-state index in [4.69, 9.17) is 23.9 Å². The number of fused-ring (bicyclic) bond motifs is 3. The molecular weight excluding hydrogens is 425 g/mol. The summed E-state index contributed by atoms with van der Waals surface area (Å²) in [5, 5.41) is 8.30. The normalized spacial score (nSPS) is 20.5. The largest absolute Gasteiger partial charge is 0.152 e. The van der Waals surface area contributed by atoms with E-state index in [2.05, 4.69) is 15.2 Å². The van der Waals surface area contributed by atoms with Gasteiger partial charge in [0.2, 0.25) is 0 Å². The number of cyclic esters (lactones) is 1. The van der Waals surface area contributed by atoms with Gasteiger partial charge in [-0.25, -0.2) is 0 Å². The Labute approximate surface area is 177 Å². The minimum Gasteiger partial charge on any atom is -0.152 e. The molecule has 2 aromatic heterocycles. The molecule has 1 amide bonds. The molecule has 31 heavy (non-hydrogen) atoms. The van der Waals surface area contributed by atoms with Crippen LogP contribution in [0.3, 0.4) is 0 Å². The number of hydrogen-bond donors (Lipinski definition) is 3. The van der Waals surface area contributed by atoms with Crippen LogP contribution in [0.1, 0.15) is 5.56 Å². The van der Waals surface area contributed by atoms with Gasteiger partial charge in [0.25, 0.3) is 0 Å². The van der Waals surface area contributed by atoms with Crippen molar-refractivity contribution in [1.29, 1.82) is 0 Å². The molecule has 1 saturated heterocycles. The van der Waals surface area contributed by atoms with Crippen molar-refractivity contribution in [3.63, 3.8) is 0 Å². The van der Waals surface area contributed by atoms with Crippen LogP contribution in [0.25, 0.3) is 22.5 Å². The third-order valence-corrected chi connectivity index (χ3v) is 5.93. The molecule has 0 radical (unpaired) electrons. The van der Waals surface area contributed by atoms with E-state index in [1.165, 1.54) is 9.70 Å². The monoisotopic (exact) mass is 445 g/mol. The standard InChI is InChI=1S/C19H20N5O6P/c1-23-21-9-15(22-23)14-4-2-12(8-20-14)11-3-5-16-13(6-11)7-17-18(10-29-31(26,27)28)30-19(25)24(16)17/h2-6,8-9,17-18,26-28,31H,7,10H2,1H3/t17-,18-/m0/s1. The first kappa shape index (κ1) is 20.0. The summed E-state index contributed by atoms with van der Waals surface area (Å²) in [6.45, 7) is -0.294. The van der Waals surface area contributed by atoms with Gasteiger partial charge in [-0.3, -0.25) is 0 Å². The summed E-state index contributed by atoms with van der Waals surface area (Å²) in [5.74, 6) is 0. The number of anilines is 1. The van der Waals surface area contributed by atoms with Crippen molar-refractivity contribution in [2.75, 3.05) is 11.5 Å². The molecule has 2 aliphatic rings. The number of carbonyl (C=O) groups is 1. The van der Waals surface area contributed by atoms with Gasteiger partial charge < -0.3 is 0 Å². The summed E-state index contributed by atoms with van der Waals surface area (Å²) in [6, 6.07) is 9.25. The molecule has 1 aromatic carbocycles. The van der Waals surface area contributed by atoms with Crippen LogP contribution in [-0.2, 0) is 22.7 Å². The fraction of sp³-hybridized carbons (Fsp3) is 0.263. The summed E-state index contributed by atoms with van der Waals surface area (Å²) < 4.78 is 9.97. The van der Waals surface area contributed by atoms with Crippen molar-refractivity contribution in [2.24, 2.45) is 7.05 Å². The van der Waals surface area contributed by atoms with Crippen LogP contribution < -0.4 is 4.90 Å². The second-order valence-electron chi connectivity index (χ2n) is 7.44. The first-order chi connectivity index (χ1) is 14.8. The fourth-order valence-corrected chi connectivity index (χ4v) is 4.36. The molecule has 162 valence electrons. The summed E-state index contributed by atoms with van der Waals surface area (Å²) in [7, 11) is -2.93.